The molecule has 10 heavy (non-hydrogen) atoms. The summed E-state index contributed by atoms with van der Waals surface area (Å²) in [4.78, 5) is 10.6. The van der Waals surface area contributed by atoms with Crippen LogP contribution in [0.1, 0.15) is 19.3 Å². The molecule has 0 unspecified atom stereocenters. The van der Waals surface area contributed by atoms with Crippen LogP contribution < -0.4 is 0 Å². The molecule has 2 saturated heterocycles. The van der Waals surface area contributed by atoms with Crippen molar-refractivity contribution in [2.75, 3.05) is 6.61 Å². The molecule has 0 aromatic carbocycles. The Morgan fingerprint density at radius 1 is 1.60 bits per heavy atom. The number of carboxylic acids is 1. The predicted octanol–water partition coefficient (Wildman–Crippen LogP) is 0.640. The molecule has 3 aliphatic rings. The summed E-state index contributed by atoms with van der Waals surface area (Å²) >= 11 is 0. The molecule has 3 heteroatoms. The Morgan fingerprint density at radius 3 is 2.60 bits per heavy atom. The zero-order valence-electron chi connectivity index (χ0n) is 5.67. The van der Waals surface area contributed by atoms with Gasteiger partial charge in [-0.25, -0.2) is 4.79 Å². The normalized spacial score (nSPS) is 44.2. The number of ether oxygens (including phenoxy) is 1. The molecule has 2 aliphatic heterocycles. The van der Waals surface area contributed by atoms with Crippen LogP contribution in [0.2, 0.25) is 0 Å². The highest BCUT2D eigenvalue weighted by Gasteiger charge is 2.54. The molecule has 0 amide bonds. The van der Waals surface area contributed by atoms with Gasteiger partial charge in [0.25, 0.3) is 0 Å². The zero-order valence-corrected chi connectivity index (χ0v) is 5.67. The average Bonchev–Trinajstić information content (AvgIpc) is 1.87. The minimum atomic E-state index is -0.775. The van der Waals surface area contributed by atoms with Crippen LogP contribution in [0.4, 0.5) is 0 Å². The summed E-state index contributed by atoms with van der Waals surface area (Å²) in [6, 6.07) is 0. The minimum absolute atomic E-state index is 0.629. The summed E-state index contributed by atoms with van der Waals surface area (Å²) in [5.41, 5.74) is -0.761. The maximum Gasteiger partial charge on any atom is 0.335 e. The predicted molar refractivity (Wildman–Crippen MR) is 33.7 cm³/mol. The highest BCUT2D eigenvalue weighted by Crippen LogP contribution is 2.46. The molecule has 1 aliphatic carbocycles. The van der Waals surface area contributed by atoms with Crippen molar-refractivity contribution in [1.82, 2.24) is 0 Å². The Labute approximate surface area is 59.0 Å². The van der Waals surface area contributed by atoms with Gasteiger partial charge in [-0.3, -0.25) is 0 Å². The maximum absolute atomic E-state index is 10.6. The molecule has 3 fully saturated rings. The number of carbonyl (C=O) groups is 1. The zero-order chi connectivity index (χ0) is 7.19. The third-order valence-electron chi connectivity index (χ3n) is 2.53. The van der Waals surface area contributed by atoms with Crippen LogP contribution in [0, 0.1) is 5.92 Å². The molecular formula is C7H10O3. The van der Waals surface area contributed by atoms with Gasteiger partial charge in [-0.05, 0) is 25.2 Å². The van der Waals surface area contributed by atoms with Gasteiger partial charge in [0.05, 0.1) is 0 Å². The van der Waals surface area contributed by atoms with Gasteiger partial charge in [0.2, 0.25) is 0 Å². The summed E-state index contributed by atoms with van der Waals surface area (Å²) < 4.78 is 5.19. The highest BCUT2D eigenvalue weighted by atomic mass is 16.5. The minimum Gasteiger partial charge on any atom is -0.479 e. The Morgan fingerprint density at radius 2 is 2.30 bits per heavy atom. The Hall–Kier alpha value is -0.570. The van der Waals surface area contributed by atoms with E-state index in [-0.39, 0.29) is 0 Å². The van der Waals surface area contributed by atoms with E-state index in [1.54, 1.807) is 0 Å². The van der Waals surface area contributed by atoms with Crippen molar-refractivity contribution in [3.63, 3.8) is 0 Å². The van der Waals surface area contributed by atoms with E-state index in [2.05, 4.69) is 0 Å². The topological polar surface area (TPSA) is 46.5 Å². The van der Waals surface area contributed by atoms with Crippen LogP contribution in [-0.4, -0.2) is 23.3 Å². The number of carboxylic acid groups (broad SMARTS) is 1. The van der Waals surface area contributed by atoms with Gasteiger partial charge in [0, 0.05) is 6.61 Å². The van der Waals surface area contributed by atoms with Gasteiger partial charge in [0.1, 0.15) is 0 Å². The first-order valence-corrected chi connectivity index (χ1v) is 3.60. The Kier molecular flexibility index (Phi) is 1.06. The van der Waals surface area contributed by atoms with Gasteiger partial charge in [-0.2, -0.15) is 0 Å². The maximum atomic E-state index is 10.6. The van der Waals surface area contributed by atoms with Crippen LogP contribution in [0.3, 0.4) is 0 Å². The third kappa shape index (κ3) is 0.611. The second-order valence-corrected chi connectivity index (χ2v) is 3.21. The van der Waals surface area contributed by atoms with Crippen LogP contribution in [0.15, 0.2) is 0 Å². The summed E-state index contributed by atoms with van der Waals surface area (Å²) in [7, 11) is 0. The van der Waals surface area contributed by atoms with E-state index in [0.717, 1.165) is 19.3 Å². The summed E-state index contributed by atoms with van der Waals surface area (Å²) in [5.74, 6) is -0.145. The van der Waals surface area contributed by atoms with Crippen molar-refractivity contribution < 1.29 is 14.6 Å². The molecule has 2 bridgehead atoms. The fraction of sp³-hybridized carbons (Fsp3) is 0.857. The molecule has 0 aromatic rings. The van der Waals surface area contributed by atoms with Crippen molar-refractivity contribution >= 4 is 5.97 Å². The van der Waals surface area contributed by atoms with Crippen molar-refractivity contribution in [3.8, 4) is 0 Å². The molecule has 0 aromatic heterocycles. The van der Waals surface area contributed by atoms with Gasteiger partial charge < -0.3 is 9.84 Å². The van der Waals surface area contributed by atoms with Crippen LogP contribution in [0.5, 0.6) is 0 Å². The number of fused-ring (bicyclic) bond motifs is 2. The molecule has 0 spiro atoms. The largest absolute Gasteiger partial charge is 0.479 e. The van der Waals surface area contributed by atoms with E-state index >= 15 is 0 Å². The van der Waals surface area contributed by atoms with Crippen molar-refractivity contribution in [2.24, 2.45) is 5.92 Å². The lowest BCUT2D eigenvalue weighted by atomic mass is 9.67. The fourth-order valence-corrected chi connectivity index (χ4v) is 1.85. The molecule has 1 saturated carbocycles. The van der Waals surface area contributed by atoms with Crippen molar-refractivity contribution in [1.29, 1.82) is 0 Å². The Bertz CT molecular complexity index is 164. The first-order chi connectivity index (χ1) is 4.73. The first-order valence-electron chi connectivity index (χ1n) is 3.60. The number of aliphatic carboxylic acids is 1. The van der Waals surface area contributed by atoms with E-state index in [1.807, 2.05) is 0 Å². The van der Waals surface area contributed by atoms with Crippen molar-refractivity contribution in [3.05, 3.63) is 0 Å². The fourth-order valence-electron chi connectivity index (χ4n) is 1.85. The van der Waals surface area contributed by atoms with Gasteiger partial charge in [-0.1, -0.05) is 0 Å². The monoisotopic (exact) mass is 142 g/mol. The van der Waals surface area contributed by atoms with Crippen molar-refractivity contribution in [2.45, 2.75) is 24.9 Å². The SMILES string of the molecule is O=C(O)C12CC(CCO1)C2. The van der Waals surface area contributed by atoms with E-state index in [0.29, 0.717) is 12.5 Å². The lowest BCUT2D eigenvalue weighted by Gasteiger charge is -2.48. The lowest BCUT2D eigenvalue weighted by Crippen LogP contribution is -2.56. The number of rotatable bonds is 1. The molecule has 56 valence electrons. The molecule has 2 heterocycles. The highest BCUT2D eigenvalue weighted by molar-refractivity contribution is 5.79. The molecule has 1 N–H and O–H groups in total. The lowest BCUT2D eigenvalue weighted by molar-refractivity contribution is -0.206. The second-order valence-electron chi connectivity index (χ2n) is 3.21. The van der Waals surface area contributed by atoms with Gasteiger partial charge in [0.15, 0.2) is 5.60 Å². The van der Waals surface area contributed by atoms with Gasteiger partial charge in [-0.15, -0.1) is 0 Å². The molecule has 0 radical (unpaired) electrons. The van der Waals surface area contributed by atoms with Crippen LogP contribution in [0.25, 0.3) is 0 Å². The number of hydrogen-bond acceptors (Lipinski definition) is 2. The van der Waals surface area contributed by atoms with E-state index < -0.39 is 11.6 Å². The molecular weight excluding hydrogens is 132 g/mol. The second kappa shape index (κ2) is 1.72. The summed E-state index contributed by atoms with van der Waals surface area (Å²) in [6.45, 7) is 0.636. The summed E-state index contributed by atoms with van der Waals surface area (Å²) in [5, 5.41) is 8.71. The van der Waals surface area contributed by atoms with Gasteiger partial charge >= 0.3 is 5.97 Å². The summed E-state index contributed by atoms with van der Waals surface area (Å²) in [6.07, 6.45) is 2.53. The standard InChI is InChI=1S/C7H10O3/c8-6(9)7-3-5(4-7)1-2-10-7/h5H,1-4H2,(H,8,9). The van der Waals surface area contributed by atoms with Crippen LogP contribution >= 0.6 is 0 Å². The molecule has 3 rings (SSSR count). The van der Waals surface area contributed by atoms with E-state index in [1.165, 1.54) is 0 Å². The molecule has 3 nitrogen and oxygen atoms in total. The molecule has 0 atom stereocenters. The average molecular weight is 142 g/mol. The van der Waals surface area contributed by atoms with Crippen LogP contribution in [-0.2, 0) is 9.53 Å². The Balaban J connectivity index is 2.12. The number of hydrogen-bond donors (Lipinski definition) is 1. The first kappa shape index (κ1) is 6.16. The quantitative estimate of drug-likeness (QED) is 0.584. The third-order valence-corrected chi connectivity index (χ3v) is 2.53. The van der Waals surface area contributed by atoms with E-state index in [9.17, 15) is 4.79 Å². The van der Waals surface area contributed by atoms with E-state index in [4.69, 9.17) is 9.84 Å². The smallest absolute Gasteiger partial charge is 0.335 e.